The highest BCUT2D eigenvalue weighted by Gasteiger charge is 2.32. The highest BCUT2D eigenvalue weighted by Crippen LogP contribution is 2.32. The summed E-state index contributed by atoms with van der Waals surface area (Å²) in [6, 6.07) is 9.49. The van der Waals surface area contributed by atoms with Crippen molar-refractivity contribution in [2.45, 2.75) is 58.7 Å². The van der Waals surface area contributed by atoms with Crippen LogP contribution in [-0.2, 0) is 16.1 Å². The van der Waals surface area contributed by atoms with E-state index in [9.17, 15) is 9.59 Å². The maximum Gasteiger partial charge on any atom is 0.255 e. The van der Waals surface area contributed by atoms with Gasteiger partial charge in [0.2, 0.25) is 5.91 Å². The molecule has 1 aliphatic heterocycles. The van der Waals surface area contributed by atoms with E-state index in [0.717, 1.165) is 24.8 Å². The molecule has 1 aromatic carbocycles. The van der Waals surface area contributed by atoms with Crippen LogP contribution >= 0.6 is 0 Å². The van der Waals surface area contributed by atoms with Crippen LogP contribution in [0.1, 0.15) is 66.6 Å². The van der Waals surface area contributed by atoms with Crippen molar-refractivity contribution in [2.75, 3.05) is 13.2 Å². The molecule has 0 saturated carbocycles. The van der Waals surface area contributed by atoms with E-state index >= 15 is 0 Å². The Balaban J connectivity index is 1.81. The van der Waals surface area contributed by atoms with Crippen molar-refractivity contribution in [3.8, 4) is 0 Å². The number of ether oxygens (including phenoxy) is 1. The summed E-state index contributed by atoms with van der Waals surface area (Å²) in [6.07, 6.45) is 4.23. The van der Waals surface area contributed by atoms with Crippen LogP contribution in [0.2, 0.25) is 0 Å². The zero-order chi connectivity index (χ0) is 21.5. The summed E-state index contributed by atoms with van der Waals surface area (Å²) in [4.78, 5) is 36.4. The number of rotatable bonds is 7. The maximum absolute atomic E-state index is 13.0. The SMILES string of the molecule is Cc1ncc(C(=O)NCc2ccccc2)c([C@@H]2CCCCN2C(=O)COC(C)C)n1. The molecule has 0 spiro atoms. The van der Waals surface area contributed by atoms with Gasteiger partial charge in [0.15, 0.2) is 0 Å². The van der Waals surface area contributed by atoms with Gasteiger partial charge in [-0.2, -0.15) is 0 Å². The molecule has 7 heteroatoms. The highest BCUT2D eigenvalue weighted by atomic mass is 16.5. The van der Waals surface area contributed by atoms with Crippen LogP contribution in [0.4, 0.5) is 0 Å². The maximum atomic E-state index is 13.0. The molecule has 0 unspecified atom stereocenters. The Bertz CT molecular complexity index is 870. The lowest BCUT2D eigenvalue weighted by Crippen LogP contribution is -2.42. The monoisotopic (exact) mass is 410 g/mol. The largest absolute Gasteiger partial charge is 0.369 e. The summed E-state index contributed by atoms with van der Waals surface area (Å²) < 4.78 is 5.53. The third kappa shape index (κ3) is 5.63. The van der Waals surface area contributed by atoms with E-state index in [4.69, 9.17) is 4.74 Å². The van der Waals surface area contributed by atoms with Crippen molar-refractivity contribution < 1.29 is 14.3 Å². The molecular formula is C23H30N4O3. The zero-order valence-electron chi connectivity index (χ0n) is 17.9. The van der Waals surface area contributed by atoms with E-state index in [1.165, 1.54) is 0 Å². The first-order valence-corrected chi connectivity index (χ1v) is 10.5. The summed E-state index contributed by atoms with van der Waals surface area (Å²) in [5, 5.41) is 2.95. The molecule has 7 nitrogen and oxygen atoms in total. The van der Waals surface area contributed by atoms with Crippen LogP contribution < -0.4 is 5.32 Å². The number of piperidine rings is 1. The van der Waals surface area contributed by atoms with Crippen molar-refractivity contribution in [3.05, 3.63) is 59.2 Å². The number of hydrogen-bond acceptors (Lipinski definition) is 5. The first kappa shape index (κ1) is 21.9. The molecule has 3 rings (SSSR count). The first-order chi connectivity index (χ1) is 14.5. The van der Waals surface area contributed by atoms with E-state index in [-0.39, 0.29) is 30.6 Å². The number of likely N-dealkylation sites (tertiary alicyclic amines) is 1. The average Bonchev–Trinajstić information content (AvgIpc) is 2.76. The van der Waals surface area contributed by atoms with Crippen LogP contribution in [0.3, 0.4) is 0 Å². The van der Waals surface area contributed by atoms with Gasteiger partial charge in [0.25, 0.3) is 5.91 Å². The third-order valence-corrected chi connectivity index (χ3v) is 5.16. The van der Waals surface area contributed by atoms with Crippen LogP contribution in [0.15, 0.2) is 36.5 Å². The second-order valence-electron chi connectivity index (χ2n) is 7.84. The number of carbonyl (C=O) groups is 2. The molecule has 1 fully saturated rings. The van der Waals surface area contributed by atoms with Gasteiger partial charge in [-0.1, -0.05) is 30.3 Å². The molecule has 2 heterocycles. The van der Waals surface area contributed by atoms with E-state index in [1.54, 1.807) is 13.1 Å². The minimum Gasteiger partial charge on any atom is -0.369 e. The minimum atomic E-state index is -0.249. The zero-order valence-corrected chi connectivity index (χ0v) is 17.9. The standard InChI is InChI=1S/C23H30N4O3/c1-16(2)30-15-21(28)27-12-8-7-11-20(27)22-19(14-24-17(3)26-22)23(29)25-13-18-9-5-4-6-10-18/h4-6,9-10,14,16,20H,7-8,11-13,15H2,1-3H3,(H,25,29)/t20-/m0/s1. The molecule has 1 aliphatic rings. The Kier molecular flexibility index (Phi) is 7.52. The smallest absolute Gasteiger partial charge is 0.255 e. The summed E-state index contributed by atoms with van der Waals surface area (Å²) in [5.41, 5.74) is 2.05. The lowest BCUT2D eigenvalue weighted by atomic mass is 9.96. The lowest BCUT2D eigenvalue weighted by molar-refractivity contribution is -0.141. The number of hydrogen-bond donors (Lipinski definition) is 1. The fourth-order valence-corrected chi connectivity index (χ4v) is 3.63. The fourth-order valence-electron chi connectivity index (χ4n) is 3.63. The Hall–Kier alpha value is -2.80. The van der Waals surface area contributed by atoms with Gasteiger partial charge in [-0.05, 0) is 45.6 Å². The lowest BCUT2D eigenvalue weighted by Gasteiger charge is -2.36. The van der Waals surface area contributed by atoms with E-state index in [1.807, 2.05) is 49.1 Å². The molecule has 0 bridgehead atoms. The molecule has 1 N–H and O–H groups in total. The molecule has 0 aliphatic carbocycles. The Morgan fingerprint density at radius 3 is 2.73 bits per heavy atom. The first-order valence-electron chi connectivity index (χ1n) is 10.5. The molecule has 2 aromatic rings. The van der Waals surface area contributed by atoms with Crippen LogP contribution in [0.5, 0.6) is 0 Å². The van der Waals surface area contributed by atoms with Crippen LogP contribution in [0.25, 0.3) is 0 Å². The van der Waals surface area contributed by atoms with E-state index < -0.39 is 0 Å². The Morgan fingerprint density at radius 1 is 1.23 bits per heavy atom. The van der Waals surface area contributed by atoms with E-state index in [2.05, 4.69) is 15.3 Å². The molecule has 1 saturated heterocycles. The number of carbonyl (C=O) groups excluding carboxylic acids is 2. The summed E-state index contributed by atoms with van der Waals surface area (Å²) in [6.45, 7) is 6.70. The van der Waals surface area contributed by atoms with Crippen molar-refractivity contribution >= 4 is 11.8 Å². The average molecular weight is 411 g/mol. The second kappa shape index (κ2) is 10.3. The summed E-state index contributed by atoms with van der Waals surface area (Å²) in [5.74, 6) is 0.284. The molecule has 1 aromatic heterocycles. The van der Waals surface area contributed by atoms with Crippen molar-refractivity contribution in [1.29, 1.82) is 0 Å². The van der Waals surface area contributed by atoms with Gasteiger partial charge in [-0.15, -0.1) is 0 Å². The van der Waals surface area contributed by atoms with Gasteiger partial charge in [-0.3, -0.25) is 9.59 Å². The van der Waals surface area contributed by atoms with Gasteiger partial charge in [-0.25, -0.2) is 9.97 Å². The predicted octanol–water partition coefficient (Wildman–Crippen LogP) is 3.19. The number of nitrogens with zero attached hydrogens (tertiary/aromatic N) is 3. The number of aromatic nitrogens is 2. The Morgan fingerprint density at radius 2 is 2.00 bits per heavy atom. The molecule has 160 valence electrons. The van der Waals surface area contributed by atoms with Gasteiger partial charge < -0.3 is 15.0 Å². The molecule has 2 amide bonds. The summed E-state index contributed by atoms with van der Waals surface area (Å²) >= 11 is 0. The quantitative estimate of drug-likeness (QED) is 0.758. The van der Waals surface area contributed by atoms with Crippen LogP contribution in [0, 0.1) is 6.92 Å². The van der Waals surface area contributed by atoms with Gasteiger partial charge in [0.1, 0.15) is 12.4 Å². The molecule has 30 heavy (non-hydrogen) atoms. The third-order valence-electron chi connectivity index (χ3n) is 5.16. The molecule has 1 atom stereocenters. The minimum absolute atomic E-state index is 0.0159. The van der Waals surface area contributed by atoms with Crippen LogP contribution in [-0.4, -0.2) is 45.9 Å². The second-order valence-corrected chi connectivity index (χ2v) is 7.84. The number of amides is 2. The van der Waals surface area contributed by atoms with Crippen molar-refractivity contribution in [3.63, 3.8) is 0 Å². The topological polar surface area (TPSA) is 84.4 Å². The number of nitrogens with one attached hydrogen (secondary N) is 1. The van der Waals surface area contributed by atoms with Crippen molar-refractivity contribution in [1.82, 2.24) is 20.2 Å². The molecule has 0 radical (unpaired) electrons. The summed E-state index contributed by atoms with van der Waals surface area (Å²) in [7, 11) is 0. The van der Waals surface area contributed by atoms with Crippen molar-refractivity contribution in [2.24, 2.45) is 0 Å². The number of benzene rings is 1. The molecular weight excluding hydrogens is 380 g/mol. The van der Waals surface area contributed by atoms with E-state index in [0.29, 0.717) is 30.2 Å². The van der Waals surface area contributed by atoms with Gasteiger partial charge in [0.05, 0.1) is 23.4 Å². The fraction of sp³-hybridized carbons (Fsp3) is 0.478. The predicted molar refractivity (Wildman–Crippen MR) is 114 cm³/mol. The van der Waals surface area contributed by atoms with Gasteiger partial charge >= 0.3 is 0 Å². The Labute approximate surface area is 177 Å². The highest BCUT2D eigenvalue weighted by molar-refractivity contribution is 5.95. The van der Waals surface area contributed by atoms with Gasteiger partial charge in [0, 0.05) is 19.3 Å². The number of aryl methyl sites for hydroxylation is 1. The normalized spacial score (nSPS) is 16.5.